The van der Waals surface area contributed by atoms with Crippen LogP contribution in [0.15, 0.2) is 42.5 Å². The summed E-state index contributed by atoms with van der Waals surface area (Å²) in [5.41, 5.74) is 3.82. The predicted octanol–water partition coefficient (Wildman–Crippen LogP) is 3.92. The fourth-order valence-electron chi connectivity index (χ4n) is 5.25. The molecule has 0 aromatic heterocycles. The number of rotatable bonds is 20. The van der Waals surface area contributed by atoms with Crippen LogP contribution in [0.5, 0.6) is 5.75 Å². The third-order valence-corrected chi connectivity index (χ3v) is 7.67. The van der Waals surface area contributed by atoms with E-state index >= 15 is 0 Å². The van der Waals surface area contributed by atoms with Crippen molar-refractivity contribution in [3.8, 4) is 5.75 Å². The number of ether oxygens (including phenoxy) is 5. The molecule has 1 saturated heterocycles. The van der Waals surface area contributed by atoms with Gasteiger partial charge in [0.05, 0.1) is 31.1 Å². The van der Waals surface area contributed by atoms with Gasteiger partial charge in [-0.15, -0.1) is 0 Å². The van der Waals surface area contributed by atoms with Gasteiger partial charge >= 0.3 is 0 Å². The van der Waals surface area contributed by atoms with E-state index in [2.05, 4.69) is 34.9 Å². The predicted molar refractivity (Wildman–Crippen MR) is 168 cm³/mol. The molecular weight excluding hydrogens is 550 g/mol. The van der Waals surface area contributed by atoms with Crippen LogP contribution in [0.25, 0.3) is 0 Å². The van der Waals surface area contributed by atoms with Gasteiger partial charge in [0.1, 0.15) is 12.4 Å². The maximum absolute atomic E-state index is 12.8. The molecule has 0 saturated carbocycles. The summed E-state index contributed by atoms with van der Waals surface area (Å²) >= 11 is 0. The Morgan fingerprint density at radius 2 is 1.58 bits per heavy atom. The maximum Gasteiger partial charge on any atom is 0.248 e. The summed E-state index contributed by atoms with van der Waals surface area (Å²) in [5.74, 6) is 0.112. The number of likely N-dealkylation sites (N-methyl/N-ethyl adjacent to an activating group) is 1. The molecule has 1 unspecified atom stereocenters. The van der Waals surface area contributed by atoms with Gasteiger partial charge in [0.15, 0.2) is 0 Å². The Balaban J connectivity index is 1.72. The number of nitrogens with zero attached hydrogens (tertiary/aromatic N) is 1. The number of methoxy groups -OCH3 is 2. The van der Waals surface area contributed by atoms with Gasteiger partial charge in [0, 0.05) is 72.7 Å². The van der Waals surface area contributed by atoms with Gasteiger partial charge < -0.3 is 44.3 Å². The lowest BCUT2D eigenvalue weighted by Crippen LogP contribution is -2.51. The number of anilines is 1. The highest BCUT2D eigenvalue weighted by Crippen LogP contribution is 2.32. The number of nitrogens with one attached hydrogen (secondary N) is 2. The lowest BCUT2D eigenvalue weighted by atomic mass is 9.85. The Labute approximate surface area is 257 Å². The summed E-state index contributed by atoms with van der Waals surface area (Å²) < 4.78 is 28.8. The van der Waals surface area contributed by atoms with Crippen molar-refractivity contribution >= 4 is 11.6 Å². The van der Waals surface area contributed by atoms with Gasteiger partial charge in [-0.25, -0.2) is 0 Å². The number of phenolic OH excluding ortho intramolecular Hbond substituents is 1. The molecule has 3 rings (SSSR count). The van der Waals surface area contributed by atoms with Crippen LogP contribution >= 0.6 is 0 Å². The Bertz CT molecular complexity index is 1060. The molecule has 2 aromatic carbocycles. The quantitative estimate of drug-likeness (QED) is 0.154. The molecule has 1 aliphatic rings. The normalized spacial score (nSPS) is 18.5. The highest BCUT2D eigenvalue weighted by Gasteiger charge is 2.36. The van der Waals surface area contributed by atoms with Crippen LogP contribution in [0.3, 0.4) is 0 Å². The molecule has 1 aliphatic heterocycles. The summed E-state index contributed by atoms with van der Waals surface area (Å²) in [4.78, 5) is 14.5. The smallest absolute Gasteiger partial charge is 0.248 e. The second kappa shape index (κ2) is 19.5. The van der Waals surface area contributed by atoms with Gasteiger partial charge in [-0.2, -0.15) is 0 Å². The van der Waals surface area contributed by atoms with Crippen molar-refractivity contribution in [1.29, 1.82) is 0 Å². The molecule has 0 bridgehead atoms. The number of aromatic hydroxyl groups is 1. The van der Waals surface area contributed by atoms with E-state index < -0.39 is 0 Å². The summed E-state index contributed by atoms with van der Waals surface area (Å²) in [7, 11) is 3.37. The van der Waals surface area contributed by atoms with Crippen molar-refractivity contribution in [2.75, 3.05) is 78.7 Å². The molecular formula is C33H51N3O7. The van der Waals surface area contributed by atoms with Crippen LogP contribution in [-0.4, -0.2) is 101 Å². The molecule has 240 valence electrons. The summed E-state index contributed by atoms with van der Waals surface area (Å²) in [5, 5.41) is 17.0. The second-order valence-corrected chi connectivity index (χ2v) is 10.7. The number of carbonyl (C=O) groups is 1. The van der Waals surface area contributed by atoms with Crippen molar-refractivity contribution in [1.82, 2.24) is 10.2 Å². The number of benzene rings is 2. The summed E-state index contributed by atoms with van der Waals surface area (Å²) in [6.07, 6.45) is 1.26. The standard InChI is InChI=1S/C33H51N3O7/c1-5-36(6-2)32(38)24-43-31-21-34-20-30(33(31)27-12-9-25(10-13-27)22-41-18-8-17-40-4)42-23-26-11-14-29(37)28(19-26)35-15-7-16-39-3/h9-14,19,30-31,33-35,37H,5-8,15-18,20-24H2,1-4H3/t30-,31+,33?/m0/s1. The van der Waals surface area contributed by atoms with Crippen LogP contribution in [0, 0.1) is 0 Å². The Hall–Kier alpha value is -2.73. The highest BCUT2D eigenvalue weighted by molar-refractivity contribution is 5.77. The average Bonchev–Trinajstić information content (AvgIpc) is 3.03. The highest BCUT2D eigenvalue weighted by atomic mass is 16.5. The lowest BCUT2D eigenvalue weighted by Gasteiger charge is -2.39. The fraction of sp³-hybridized carbons (Fsp3) is 0.606. The Kier molecular flexibility index (Phi) is 15.8. The van der Waals surface area contributed by atoms with Crippen LogP contribution in [0.1, 0.15) is 49.3 Å². The lowest BCUT2D eigenvalue weighted by molar-refractivity contribution is -0.140. The van der Waals surface area contributed by atoms with E-state index in [0.717, 1.165) is 29.5 Å². The number of amides is 1. The van der Waals surface area contributed by atoms with Gasteiger partial charge in [0.25, 0.3) is 0 Å². The fourth-order valence-corrected chi connectivity index (χ4v) is 5.25. The average molecular weight is 602 g/mol. The zero-order valence-corrected chi connectivity index (χ0v) is 26.3. The van der Waals surface area contributed by atoms with E-state index in [-0.39, 0.29) is 36.4 Å². The van der Waals surface area contributed by atoms with Gasteiger partial charge in [-0.1, -0.05) is 30.3 Å². The molecule has 2 aromatic rings. The minimum atomic E-state index is -0.243. The number of hydrogen-bond acceptors (Lipinski definition) is 9. The zero-order chi connectivity index (χ0) is 30.9. The van der Waals surface area contributed by atoms with E-state index in [1.807, 2.05) is 26.0 Å². The summed E-state index contributed by atoms with van der Waals surface area (Å²) in [6, 6.07) is 13.9. The zero-order valence-electron chi connectivity index (χ0n) is 26.3. The van der Waals surface area contributed by atoms with Crippen LogP contribution in [-0.2, 0) is 41.7 Å². The van der Waals surface area contributed by atoms with Crippen molar-refractivity contribution in [3.63, 3.8) is 0 Å². The van der Waals surface area contributed by atoms with Crippen molar-refractivity contribution < 1.29 is 33.6 Å². The third-order valence-electron chi connectivity index (χ3n) is 7.67. The van der Waals surface area contributed by atoms with Crippen molar-refractivity contribution in [2.45, 2.75) is 58.0 Å². The molecule has 10 nitrogen and oxygen atoms in total. The Morgan fingerprint density at radius 1 is 0.907 bits per heavy atom. The second-order valence-electron chi connectivity index (χ2n) is 10.7. The minimum Gasteiger partial charge on any atom is -0.506 e. The van der Waals surface area contributed by atoms with Gasteiger partial charge in [0.2, 0.25) is 5.91 Å². The van der Waals surface area contributed by atoms with E-state index in [0.29, 0.717) is 71.4 Å². The topological polar surface area (TPSA) is 111 Å². The molecule has 1 heterocycles. The van der Waals surface area contributed by atoms with Crippen LogP contribution < -0.4 is 10.6 Å². The first-order chi connectivity index (χ1) is 21.0. The van der Waals surface area contributed by atoms with Crippen molar-refractivity contribution in [3.05, 3.63) is 59.2 Å². The summed E-state index contributed by atoms with van der Waals surface area (Å²) in [6.45, 7) is 10.1. The van der Waals surface area contributed by atoms with Crippen LogP contribution in [0.4, 0.5) is 5.69 Å². The molecule has 0 aliphatic carbocycles. The first-order valence-corrected chi connectivity index (χ1v) is 15.4. The van der Waals surface area contributed by atoms with Crippen LogP contribution in [0.2, 0.25) is 0 Å². The minimum absolute atomic E-state index is 0.0117. The first kappa shape index (κ1) is 34.8. The first-order valence-electron chi connectivity index (χ1n) is 15.4. The number of carbonyl (C=O) groups excluding carboxylic acids is 1. The van der Waals surface area contributed by atoms with Gasteiger partial charge in [-0.3, -0.25) is 4.79 Å². The SMILES string of the molecule is CCN(CC)C(=O)CO[C@@H]1CNC[C@H](OCc2ccc(O)c(NCCCOC)c2)C1c1ccc(COCCCOC)cc1. The van der Waals surface area contributed by atoms with E-state index in [4.69, 9.17) is 23.7 Å². The molecule has 3 N–H and O–H groups in total. The molecule has 1 amide bonds. The van der Waals surface area contributed by atoms with Gasteiger partial charge in [-0.05, 0) is 55.5 Å². The maximum atomic E-state index is 12.8. The number of phenols is 1. The molecule has 1 fully saturated rings. The number of piperidine rings is 1. The van der Waals surface area contributed by atoms with E-state index in [9.17, 15) is 9.90 Å². The van der Waals surface area contributed by atoms with Crippen molar-refractivity contribution in [2.24, 2.45) is 0 Å². The molecule has 0 spiro atoms. The molecule has 43 heavy (non-hydrogen) atoms. The molecule has 10 heteroatoms. The largest absolute Gasteiger partial charge is 0.506 e. The monoisotopic (exact) mass is 601 g/mol. The third kappa shape index (κ3) is 11.4. The molecule has 0 radical (unpaired) electrons. The van der Waals surface area contributed by atoms with E-state index in [1.54, 1.807) is 25.2 Å². The van der Waals surface area contributed by atoms with E-state index in [1.165, 1.54) is 0 Å². The molecule has 3 atom stereocenters. The Morgan fingerprint density at radius 3 is 2.28 bits per heavy atom. The number of hydrogen-bond donors (Lipinski definition) is 3.